The second kappa shape index (κ2) is 10.1. The van der Waals surface area contributed by atoms with Crippen molar-refractivity contribution in [2.45, 2.75) is 12.8 Å². The van der Waals surface area contributed by atoms with Gasteiger partial charge in [-0.3, -0.25) is 10.1 Å². The lowest BCUT2D eigenvalue weighted by Crippen LogP contribution is -2.44. The van der Waals surface area contributed by atoms with E-state index in [0.29, 0.717) is 30.2 Å². The maximum atomic E-state index is 12.4. The summed E-state index contributed by atoms with van der Waals surface area (Å²) in [6, 6.07) is 19.5. The number of amides is 1. The van der Waals surface area contributed by atoms with Gasteiger partial charge < -0.3 is 4.90 Å². The van der Waals surface area contributed by atoms with Crippen molar-refractivity contribution >= 4 is 45.8 Å². The van der Waals surface area contributed by atoms with Crippen LogP contribution in [0.4, 0.5) is 0 Å². The third-order valence-corrected chi connectivity index (χ3v) is 4.63. The lowest BCUT2D eigenvalue weighted by Gasteiger charge is -2.24. The summed E-state index contributed by atoms with van der Waals surface area (Å²) in [6.07, 6.45) is 1.15. The maximum absolute atomic E-state index is 12.4. The monoisotopic (exact) mass is 463 g/mol. The van der Waals surface area contributed by atoms with E-state index in [4.69, 9.17) is 17.5 Å². The fourth-order valence-electron chi connectivity index (χ4n) is 2.29. The number of hydrogen-bond donors (Lipinski definition) is 1. The molecule has 0 spiro atoms. The van der Waals surface area contributed by atoms with Gasteiger partial charge in [-0.25, -0.2) is 0 Å². The largest absolute Gasteiger partial charge is 0.348 e. The molecule has 2 aromatic carbocycles. The number of nitrogens with zero attached hydrogens (tertiary/aromatic N) is 2. The van der Waals surface area contributed by atoms with E-state index in [1.54, 1.807) is 6.07 Å². The Kier molecular flexibility index (Phi) is 7.82. The lowest BCUT2D eigenvalue weighted by atomic mass is 10.1. The van der Waals surface area contributed by atoms with Crippen LogP contribution in [0.1, 0.15) is 22.3 Å². The van der Waals surface area contributed by atoms with Gasteiger partial charge in [0.25, 0.3) is 5.91 Å². The highest BCUT2D eigenvalue weighted by Gasteiger charge is 2.14. The fourth-order valence-corrected chi connectivity index (χ4v) is 3.11. The zero-order valence-electron chi connectivity index (χ0n) is 13.6. The average Bonchev–Trinajstić information content (AvgIpc) is 2.62. The Labute approximate surface area is 167 Å². The SMILES string of the molecule is N#CCCN(CCc1ccccc1)C(=S)NC(=O)c1cccc(I)c1. The first-order chi connectivity index (χ1) is 12.1. The second-order valence-electron chi connectivity index (χ2n) is 5.40. The van der Waals surface area contributed by atoms with E-state index in [0.717, 1.165) is 9.99 Å². The zero-order valence-corrected chi connectivity index (χ0v) is 16.6. The van der Waals surface area contributed by atoms with Gasteiger partial charge in [-0.1, -0.05) is 36.4 Å². The van der Waals surface area contributed by atoms with Crippen molar-refractivity contribution in [3.8, 4) is 6.07 Å². The van der Waals surface area contributed by atoms with Crippen molar-refractivity contribution in [2.75, 3.05) is 13.1 Å². The first-order valence-corrected chi connectivity index (χ1v) is 9.35. The fraction of sp³-hybridized carbons (Fsp3) is 0.211. The predicted molar refractivity (Wildman–Crippen MR) is 111 cm³/mol. The summed E-state index contributed by atoms with van der Waals surface area (Å²) in [6.45, 7) is 1.14. The molecule has 6 heteroatoms. The van der Waals surface area contributed by atoms with Gasteiger partial charge in [-0.05, 0) is 65.0 Å². The van der Waals surface area contributed by atoms with E-state index >= 15 is 0 Å². The summed E-state index contributed by atoms with van der Waals surface area (Å²) in [5, 5.41) is 12.0. The van der Waals surface area contributed by atoms with Crippen LogP contribution in [0.3, 0.4) is 0 Å². The number of carbonyl (C=O) groups is 1. The lowest BCUT2D eigenvalue weighted by molar-refractivity contribution is 0.0973. The highest BCUT2D eigenvalue weighted by atomic mass is 127. The number of nitriles is 1. The Morgan fingerprint density at radius 2 is 1.92 bits per heavy atom. The molecule has 0 bridgehead atoms. The van der Waals surface area contributed by atoms with Gasteiger partial charge in [-0.15, -0.1) is 0 Å². The van der Waals surface area contributed by atoms with E-state index in [-0.39, 0.29) is 5.91 Å². The van der Waals surface area contributed by atoms with Crippen molar-refractivity contribution in [3.05, 3.63) is 69.3 Å². The molecule has 128 valence electrons. The molecular formula is C19H18IN3OS. The highest BCUT2D eigenvalue weighted by molar-refractivity contribution is 14.1. The van der Waals surface area contributed by atoms with Gasteiger partial charge >= 0.3 is 0 Å². The van der Waals surface area contributed by atoms with E-state index in [9.17, 15) is 4.79 Å². The number of carbonyl (C=O) groups excluding carboxylic acids is 1. The third-order valence-electron chi connectivity index (χ3n) is 3.60. The molecule has 25 heavy (non-hydrogen) atoms. The molecule has 0 saturated carbocycles. The van der Waals surface area contributed by atoms with E-state index in [1.807, 2.05) is 41.3 Å². The van der Waals surface area contributed by atoms with Gasteiger partial charge in [-0.2, -0.15) is 5.26 Å². The third kappa shape index (κ3) is 6.44. The Morgan fingerprint density at radius 1 is 1.16 bits per heavy atom. The Morgan fingerprint density at radius 3 is 2.60 bits per heavy atom. The van der Waals surface area contributed by atoms with E-state index in [1.165, 1.54) is 5.56 Å². The van der Waals surface area contributed by atoms with Crippen LogP contribution >= 0.6 is 34.8 Å². The van der Waals surface area contributed by atoms with Crippen LogP contribution in [0, 0.1) is 14.9 Å². The minimum absolute atomic E-state index is 0.231. The number of halogens is 1. The number of benzene rings is 2. The molecule has 0 aliphatic heterocycles. The van der Waals surface area contributed by atoms with Gasteiger partial charge in [0.2, 0.25) is 0 Å². The minimum atomic E-state index is -0.231. The second-order valence-corrected chi connectivity index (χ2v) is 7.03. The molecular weight excluding hydrogens is 445 g/mol. The van der Waals surface area contributed by atoms with Crippen molar-refractivity contribution in [1.82, 2.24) is 10.2 Å². The number of thiocarbonyl (C=S) groups is 1. The molecule has 0 aliphatic carbocycles. The number of nitrogens with one attached hydrogen (secondary N) is 1. The summed E-state index contributed by atoms with van der Waals surface area (Å²) in [5.41, 5.74) is 1.76. The predicted octanol–water partition coefficient (Wildman–Crippen LogP) is 3.76. The van der Waals surface area contributed by atoms with Crippen molar-refractivity contribution in [3.63, 3.8) is 0 Å². The summed E-state index contributed by atoms with van der Waals surface area (Å²) in [5.74, 6) is -0.231. The van der Waals surface area contributed by atoms with Crippen LogP contribution in [-0.2, 0) is 6.42 Å². The molecule has 0 atom stereocenters. The smallest absolute Gasteiger partial charge is 0.257 e. The van der Waals surface area contributed by atoms with Crippen LogP contribution < -0.4 is 5.32 Å². The quantitative estimate of drug-likeness (QED) is 0.524. The first kappa shape index (κ1) is 19.3. The van der Waals surface area contributed by atoms with Crippen LogP contribution in [0.25, 0.3) is 0 Å². The Bertz CT molecular complexity index is 774. The van der Waals surface area contributed by atoms with Gasteiger partial charge in [0.1, 0.15) is 0 Å². The molecule has 2 aromatic rings. The van der Waals surface area contributed by atoms with E-state index < -0.39 is 0 Å². The van der Waals surface area contributed by atoms with Crippen molar-refractivity contribution in [2.24, 2.45) is 0 Å². The molecule has 2 rings (SSSR count). The molecule has 0 aromatic heterocycles. The topological polar surface area (TPSA) is 56.1 Å². The molecule has 1 N–H and O–H groups in total. The van der Waals surface area contributed by atoms with Gasteiger partial charge in [0.05, 0.1) is 12.5 Å². The molecule has 0 unspecified atom stereocenters. The number of hydrogen-bond acceptors (Lipinski definition) is 3. The summed E-state index contributed by atoms with van der Waals surface area (Å²) in [7, 11) is 0. The van der Waals surface area contributed by atoms with Crippen molar-refractivity contribution in [1.29, 1.82) is 5.26 Å². The average molecular weight is 463 g/mol. The Balaban J connectivity index is 1.99. The van der Waals surface area contributed by atoms with Gasteiger partial charge in [0.15, 0.2) is 5.11 Å². The van der Waals surface area contributed by atoms with Crippen LogP contribution in [0.5, 0.6) is 0 Å². The normalized spacial score (nSPS) is 9.92. The molecule has 0 heterocycles. The number of rotatable bonds is 6. The summed E-state index contributed by atoms with van der Waals surface area (Å²) >= 11 is 7.56. The van der Waals surface area contributed by atoms with Crippen LogP contribution in [0.15, 0.2) is 54.6 Å². The molecule has 1 amide bonds. The van der Waals surface area contributed by atoms with Crippen LogP contribution in [-0.4, -0.2) is 29.0 Å². The molecule has 4 nitrogen and oxygen atoms in total. The van der Waals surface area contributed by atoms with Crippen LogP contribution in [0.2, 0.25) is 0 Å². The first-order valence-electron chi connectivity index (χ1n) is 7.87. The standard InChI is InChI=1S/C19H18IN3OS/c20-17-9-4-8-16(14-17)18(24)22-19(25)23(12-5-11-21)13-10-15-6-2-1-3-7-15/h1-4,6-9,14H,5,10,12-13H2,(H,22,24,25). The van der Waals surface area contributed by atoms with Crippen molar-refractivity contribution < 1.29 is 4.79 Å². The highest BCUT2D eigenvalue weighted by Crippen LogP contribution is 2.08. The molecule has 0 aliphatic rings. The maximum Gasteiger partial charge on any atom is 0.257 e. The zero-order chi connectivity index (χ0) is 18.1. The van der Waals surface area contributed by atoms with E-state index in [2.05, 4.69) is 46.1 Å². The molecule has 0 fully saturated rings. The minimum Gasteiger partial charge on any atom is -0.348 e. The summed E-state index contributed by atoms with van der Waals surface area (Å²) < 4.78 is 0.988. The molecule has 0 saturated heterocycles. The summed E-state index contributed by atoms with van der Waals surface area (Å²) in [4.78, 5) is 14.2. The van der Waals surface area contributed by atoms with Gasteiger partial charge in [0, 0.05) is 22.2 Å². The Hall–Kier alpha value is -1.98. The molecule has 0 radical (unpaired) electrons.